The van der Waals surface area contributed by atoms with E-state index in [4.69, 9.17) is 5.73 Å². The highest BCUT2D eigenvalue weighted by atomic mass is 32.1. The molecule has 0 aliphatic heterocycles. The van der Waals surface area contributed by atoms with Gasteiger partial charge in [-0.3, -0.25) is 4.79 Å². The summed E-state index contributed by atoms with van der Waals surface area (Å²) in [6, 6.07) is 4.46. The average molecular weight is 254 g/mol. The number of thiophene rings is 1. The molecule has 17 heavy (non-hydrogen) atoms. The Morgan fingerprint density at radius 3 is 2.82 bits per heavy atom. The van der Waals surface area contributed by atoms with Gasteiger partial charge in [-0.15, -0.1) is 11.3 Å². The molecule has 1 rings (SSSR count). The second kappa shape index (κ2) is 7.45. The fourth-order valence-corrected chi connectivity index (χ4v) is 2.74. The number of carbonyl (C=O) groups excluding carboxylic acids is 1. The minimum atomic E-state index is 0.138. The summed E-state index contributed by atoms with van der Waals surface area (Å²) in [4.78, 5) is 14.2. The molecule has 0 saturated heterocycles. The smallest absolute Gasteiger partial charge is 0.220 e. The van der Waals surface area contributed by atoms with Crippen LogP contribution in [0.2, 0.25) is 0 Å². The van der Waals surface area contributed by atoms with Crippen molar-refractivity contribution in [3.05, 3.63) is 21.9 Å². The van der Waals surface area contributed by atoms with Gasteiger partial charge >= 0.3 is 0 Å². The van der Waals surface area contributed by atoms with E-state index in [0.29, 0.717) is 13.0 Å². The van der Waals surface area contributed by atoms with E-state index in [1.54, 1.807) is 11.3 Å². The van der Waals surface area contributed by atoms with Crippen molar-refractivity contribution in [3.8, 4) is 0 Å². The number of nitrogens with one attached hydrogen (secondary N) is 1. The van der Waals surface area contributed by atoms with Crippen molar-refractivity contribution in [3.63, 3.8) is 0 Å². The first-order chi connectivity index (χ1) is 8.11. The van der Waals surface area contributed by atoms with E-state index < -0.39 is 0 Å². The predicted octanol–water partition coefficient (Wildman–Crippen LogP) is 2.23. The van der Waals surface area contributed by atoms with Gasteiger partial charge in [-0.05, 0) is 45.4 Å². The molecular formula is C13H22N2OS. The van der Waals surface area contributed by atoms with E-state index in [1.165, 1.54) is 9.75 Å². The van der Waals surface area contributed by atoms with Crippen LogP contribution in [0.5, 0.6) is 0 Å². The third-order valence-electron chi connectivity index (χ3n) is 2.57. The van der Waals surface area contributed by atoms with Crippen LogP contribution in [-0.2, 0) is 11.2 Å². The summed E-state index contributed by atoms with van der Waals surface area (Å²) >= 11 is 1.80. The van der Waals surface area contributed by atoms with Gasteiger partial charge in [0.25, 0.3) is 0 Å². The first-order valence-corrected chi connectivity index (χ1v) is 6.98. The molecule has 0 fully saturated rings. The summed E-state index contributed by atoms with van der Waals surface area (Å²) in [6.45, 7) is 4.82. The molecular weight excluding hydrogens is 232 g/mol. The van der Waals surface area contributed by atoms with Crippen molar-refractivity contribution in [2.45, 2.75) is 45.6 Å². The van der Waals surface area contributed by atoms with Crippen molar-refractivity contribution >= 4 is 17.2 Å². The standard InChI is InChI=1S/C13H22N2OS/c1-10(9-12-7-6-11(2)17-12)15-13(16)5-3-4-8-14/h6-7,10H,3-5,8-9,14H2,1-2H3,(H,15,16). The van der Waals surface area contributed by atoms with Crippen LogP contribution in [0.3, 0.4) is 0 Å². The van der Waals surface area contributed by atoms with Crippen LogP contribution in [-0.4, -0.2) is 18.5 Å². The number of hydrogen-bond acceptors (Lipinski definition) is 3. The van der Waals surface area contributed by atoms with Crippen molar-refractivity contribution in [2.24, 2.45) is 5.73 Å². The third kappa shape index (κ3) is 5.84. The molecule has 1 atom stereocenters. The molecule has 1 amide bonds. The maximum absolute atomic E-state index is 11.6. The maximum Gasteiger partial charge on any atom is 0.220 e. The summed E-state index contributed by atoms with van der Waals surface area (Å²) < 4.78 is 0. The Labute approximate surface area is 107 Å². The molecule has 0 spiro atoms. The van der Waals surface area contributed by atoms with Gasteiger partial charge in [0.1, 0.15) is 0 Å². The number of hydrogen-bond donors (Lipinski definition) is 2. The highest BCUT2D eigenvalue weighted by Crippen LogP contribution is 2.16. The molecule has 4 heteroatoms. The van der Waals surface area contributed by atoms with E-state index in [2.05, 4.69) is 31.3 Å². The fraction of sp³-hybridized carbons (Fsp3) is 0.615. The largest absolute Gasteiger partial charge is 0.353 e. The predicted molar refractivity (Wildman–Crippen MR) is 73.3 cm³/mol. The number of rotatable bonds is 7. The van der Waals surface area contributed by atoms with Crippen LogP contribution in [0.25, 0.3) is 0 Å². The molecule has 1 aromatic heterocycles. The second-order valence-corrected chi connectivity index (χ2v) is 5.80. The zero-order valence-electron chi connectivity index (χ0n) is 10.7. The third-order valence-corrected chi connectivity index (χ3v) is 3.59. The fourth-order valence-electron chi connectivity index (χ4n) is 1.72. The zero-order valence-corrected chi connectivity index (χ0v) is 11.5. The van der Waals surface area contributed by atoms with Gasteiger partial charge in [0, 0.05) is 28.6 Å². The van der Waals surface area contributed by atoms with Crippen LogP contribution >= 0.6 is 11.3 Å². The molecule has 0 aliphatic carbocycles. The lowest BCUT2D eigenvalue weighted by Crippen LogP contribution is -2.33. The van der Waals surface area contributed by atoms with Crippen molar-refractivity contribution in [1.82, 2.24) is 5.32 Å². The summed E-state index contributed by atoms with van der Waals surface area (Å²) in [7, 11) is 0. The molecule has 0 saturated carbocycles. The van der Waals surface area contributed by atoms with Gasteiger partial charge in [-0.25, -0.2) is 0 Å². The molecule has 1 unspecified atom stereocenters. The molecule has 1 heterocycles. The molecule has 0 radical (unpaired) electrons. The Morgan fingerprint density at radius 2 is 2.24 bits per heavy atom. The number of nitrogens with two attached hydrogens (primary N) is 1. The molecule has 0 aromatic carbocycles. The highest BCUT2D eigenvalue weighted by Gasteiger charge is 2.08. The number of unbranched alkanes of at least 4 members (excludes halogenated alkanes) is 1. The lowest BCUT2D eigenvalue weighted by atomic mass is 10.2. The Bertz CT molecular complexity index is 349. The van der Waals surface area contributed by atoms with Crippen molar-refractivity contribution in [2.75, 3.05) is 6.54 Å². The summed E-state index contributed by atoms with van der Waals surface area (Å²) in [5.74, 6) is 0.138. The summed E-state index contributed by atoms with van der Waals surface area (Å²) in [5.41, 5.74) is 5.39. The molecule has 96 valence electrons. The summed E-state index contributed by atoms with van der Waals surface area (Å²) in [6.07, 6.45) is 3.31. The van der Waals surface area contributed by atoms with Gasteiger partial charge in [0.2, 0.25) is 5.91 Å². The number of amides is 1. The maximum atomic E-state index is 11.6. The quantitative estimate of drug-likeness (QED) is 0.733. The Hall–Kier alpha value is -0.870. The minimum absolute atomic E-state index is 0.138. The lowest BCUT2D eigenvalue weighted by Gasteiger charge is -2.12. The van der Waals surface area contributed by atoms with Crippen LogP contribution in [0.15, 0.2) is 12.1 Å². The first kappa shape index (κ1) is 14.2. The molecule has 1 aromatic rings. The van der Waals surface area contributed by atoms with Crippen LogP contribution in [0.1, 0.15) is 35.9 Å². The van der Waals surface area contributed by atoms with Crippen molar-refractivity contribution in [1.29, 1.82) is 0 Å². The Kier molecular flexibility index (Phi) is 6.22. The average Bonchev–Trinajstić information content (AvgIpc) is 2.64. The monoisotopic (exact) mass is 254 g/mol. The Balaban J connectivity index is 2.24. The number of carbonyl (C=O) groups is 1. The van der Waals surface area contributed by atoms with E-state index in [1.807, 2.05) is 0 Å². The van der Waals surface area contributed by atoms with Crippen LogP contribution < -0.4 is 11.1 Å². The van der Waals surface area contributed by atoms with Crippen molar-refractivity contribution < 1.29 is 4.79 Å². The van der Waals surface area contributed by atoms with Crippen LogP contribution in [0, 0.1) is 6.92 Å². The molecule has 3 nitrogen and oxygen atoms in total. The van der Waals surface area contributed by atoms with Gasteiger partial charge in [0.05, 0.1) is 0 Å². The Morgan fingerprint density at radius 1 is 1.47 bits per heavy atom. The molecule has 3 N–H and O–H groups in total. The highest BCUT2D eigenvalue weighted by molar-refractivity contribution is 7.11. The van der Waals surface area contributed by atoms with E-state index in [9.17, 15) is 4.79 Å². The molecule has 0 bridgehead atoms. The van der Waals surface area contributed by atoms with Gasteiger partial charge in [-0.1, -0.05) is 0 Å². The zero-order chi connectivity index (χ0) is 12.7. The summed E-state index contributed by atoms with van der Waals surface area (Å²) in [5, 5.41) is 3.02. The normalized spacial score (nSPS) is 12.4. The van der Waals surface area contributed by atoms with E-state index >= 15 is 0 Å². The van der Waals surface area contributed by atoms with Gasteiger partial charge in [0.15, 0.2) is 0 Å². The minimum Gasteiger partial charge on any atom is -0.353 e. The van der Waals surface area contributed by atoms with Gasteiger partial charge in [-0.2, -0.15) is 0 Å². The first-order valence-electron chi connectivity index (χ1n) is 6.16. The molecule has 0 aliphatic rings. The second-order valence-electron chi connectivity index (χ2n) is 4.43. The lowest BCUT2D eigenvalue weighted by molar-refractivity contribution is -0.121. The SMILES string of the molecule is Cc1ccc(CC(C)NC(=O)CCCCN)s1. The van der Waals surface area contributed by atoms with Gasteiger partial charge < -0.3 is 11.1 Å². The van der Waals surface area contributed by atoms with E-state index in [-0.39, 0.29) is 11.9 Å². The van der Waals surface area contributed by atoms with E-state index in [0.717, 1.165) is 19.3 Å². The topological polar surface area (TPSA) is 55.1 Å². The number of aryl methyl sites for hydroxylation is 1. The van der Waals surface area contributed by atoms with Crippen LogP contribution in [0.4, 0.5) is 0 Å².